The first-order valence-electron chi connectivity index (χ1n) is 4.63. The maximum absolute atomic E-state index is 5.88. The molecule has 2 rings (SSSR count). The van der Waals surface area contributed by atoms with Crippen molar-refractivity contribution in [3.8, 4) is 0 Å². The van der Waals surface area contributed by atoms with E-state index < -0.39 is 0 Å². The molecule has 1 aromatic rings. The Labute approximate surface area is 73.6 Å². The highest BCUT2D eigenvalue weighted by Gasteiger charge is 2.26. The minimum Gasteiger partial charge on any atom is -0.324 e. The Morgan fingerprint density at radius 1 is 1.33 bits per heavy atom. The van der Waals surface area contributed by atoms with Crippen LogP contribution < -0.4 is 5.73 Å². The molecule has 12 heavy (non-hydrogen) atoms. The molecule has 1 fully saturated rings. The van der Waals surface area contributed by atoms with E-state index in [2.05, 4.69) is 31.2 Å². The van der Waals surface area contributed by atoms with Crippen LogP contribution in [-0.4, -0.2) is 0 Å². The largest absolute Gasteiger partial charge is 0.324 e. The summed E-state index contributed by atoms with van der Waals surface area (Å²) in [6.45, 7) is 2.06. The van der Waals surface area contributed by atoms with Crippen LogP contribution in [-0.2, 0) is 0 Å². The summed E-state index contributed by atoms with van der Waals surface area (Å²) in [6.07, 6.45) is 2.70. The van der Waals surface area contributed by atoms with Crippen molar-refractivity contribution in [2.24, 2.45) is 5.73 Å². The van der Waals surface area contributed by atoms with E-state index in [0.717, 1.165) is 5.92 Å². The highest BCUT2D eigenvalue weighted by atomic mass is 14.6. The number of nitrogens with two attached hydrogens (primary N) is 1. The van der Waals surface area contributed by atoms with Crippen molar-refractivity contribution >= 4 is 0 Å². The van der Waals surface area contributed by atoms with E-state index >= 15 is 0 Å². The Bertz CT molecular complexity index is 253. The van der Waals surface area contributed by atoms with Gasteiger partial charge in [-0.05, 0) is 36.8 Å². The predicted molar refractivity (Wildman–Crippen MR) is 51.0 cm³/mol. The molecule has 0 radical (unpaired) electrons. The standard InChI is InChI=1S/C11H15N/c1-8(12)10-4-2-3-5-11(10)9-6-7-9/h2-5,8-9H,6-7,12H2,1H3/t8-/m0/s1. The first-order valence-corrected chi connectivity index (χ1v) is 4.63. The lowest BCUT2D eigenvalue weighted by atomic mass is 9.99. The van der Waals surface area contributed by atoms with Crippen molar-refractivity contribution in [2.45, 2.75) is 31.7 Å². The molecule has 1 aliphatic rings. The number of rotatable bonds is 2. The Morgan fingerprint density at radius 3 is 2.58 bits per heavy atom. The molecule has 1 atom stereocenters. The molecule has 1 aliphatic carbocycles. The van der Waals surface area contributed by atoms with Crippen molar-refractivity contribution in [1.82, 2.24) is 0 Å². The minimum atomic E-state index is 0.182. The molecule has 0 amide bonds. The summed E-state index contributed by atoms with van der Waals surface area (Å²) in [6, 6.07) is 8.74. The van der Waals surface area contributed by atoms with Gasteiger partial charge in [0.15, 0.2) is 0 Å². The molecule has 1 aromatic carbocycles. The number of benzene rings is 1. The highest BCUT2D eigenvalue weighted by Crippen LogP contribution is 2.42. The van der Waals surface area contributed by atoms with Crippen LogP contribution in [0.5, 0.6) is 0 Å². The van der Waals surface area contributed by atoms with E-state index in [0.29, 0.717) is 0 Å². The van der Waals surface area contributed by atoms with Gasteiger partial charge < -0.3 is 5.73 Å². The molecule has 1 heteroatoms. The monoisotopic (exact) mass is 161 g/mol. The fourth-order valence-electron chi connectivity index (χ4n) is 1.69. The Kier molecular flexibility index (Phi) is 1.89. The third-order valence-corrected chi connectivity index (χ3v) is 2.50. The zero-order valence-electron chi connectivity index (χ0n) is 7.46. The molecule has 0 aliphatic heterocycles. The normalized spacial score (nSPS) is 19.2. The summed E-state index contributed by atoms with van der Waals surface area (Å²) in [5.74, 6) is 0.812. The van der Waals surface area contributed by atoms with Crippen molar-refractivity contribution in [2.75, 3.05) is 0 Å². The average molecular weight is 161 g/mol. The molecule has 64 valence electrons. The summed E-state index contributed by atoms with van der Waals surface area (Å²) < 4.78 is 0. The van der Waals surface area contributed by atoms with Crippen LogP contribution in [0.2, 0.25) is 0 Å². The number of hydrogen-bond donors (Lipinski definition) is 1. The topological polar surface area (TPSA) is 26.0 Å². The zero-order valence-corrected chi connectivity index (χ0v) is 7.46. The third-order valence-electron chi connectivity index (χ3n) is 2.50. The summed E-state index contributed by atoms with van der Waals surface area (Å²) in [5.41, 5.74) is 8.69. The summed E-state index contributed by atoms with van der Waals surface area (Å²) >= 11 is 0. The quantitative estimate of drug-likeness (QED) is 0.708. The van der Waals surface area contributed by atoms with Gasteiger partial charge in [-0.1, -0.05) is 24.3 Å². The van der Waals surface area contributed by atoms with Crippen molar-refractivity contribution in [1.29, 1.82) is 0 Å². The second-order valence-electron chi connectivity index (χ2n) is 3.69. The van der Waals surface area contributed by atoms with Crippen LogP contribution in [0.25, 0.3) is 0 Å². The van der Waals surface area contributed by atoms with Gasteiger partial charge >= 0.3 is 0 Å². The average Bonchev–Trinajstić information content (AvgIpc) is 2.87. The first kappa shape index (κ1) is 7.81. The summed E-state index contributed by atoms with van der Waals surface area (Å²) in [5, 5.41) is 0. The van der Waals surface area contributed by atoms with Gasteiger partial charge in [-0.15, -0.1) is 0 Å². The van der Waals surface area contributed by atoms with Gasteiger partial charge in [0.2, 0.25) is 0 Å². The van der Waals surface area contributed by atoms with Gasteiger partial charge in [0, 0.05) is 6.04 Å². The van der Waals surface area contributed by atoms with Gasteiger partial charge in [0.05, 0.1) is 0 Å². The van der Waals surface area contributed by atoms with E-state index in [1.165, 1.54) is 24.0 Å². The van der Waals surface area contributed by atoms with Crippen molar-refractivity contribution in [3.63, 3.8) is 0 Å². The molecule has 0 heterocycles. The maximum Gasteiger partial charge on any atom is 0.0268 e. The fraction of sp³-hybridized carbons (Fsp3) is 0.455. The first-order chi connectivity index (χ1) is 5.79. The lowest BCUT2D eigenvalue weighted by Gasteiger charge is -2.11. The van der Waals surface area contributed by atoms with E-state index in [1.807, 2.05) is 0 Å². The van der Waals surface area contributed by atoms with Gasteiger partial charge in [-0.2, -0.15) is 0 Å². The van der Waals surface area contributed by atoms with Crippen molar-refractivity contribution in [3.05, 3.63) is 35.4 Å². The Hall–Kier alpha value is -0.820. The smallest absolute Gasteiger partial charge is 0.0268 e. The van der Waals surface area contributed by atoms with Crippen molar-refractivity contribution < 1.29 is 0 Å². The predicted octanol–water partition coefficient (Wildman–Crippen LogP) is 2.58. The molecular formula is C11H15N. The van der Waals surface area contributed by atoms with E-state index in [4.69, 9.17) is 5.73 Å². The van der Waals surface area contributed by atoms with Gasteiger partial charge in [0.1, 0.15) is 0 Å². The minimum absolute atomic E-state index is 0.182. The lowest BCUT2D eigenvalue weighted by molar-refractivity contribution is 0.799. The molecule has 0 bridgehead atoms. The number of hydrogen-bond acceptors (Lipinski definition) is 1. The molecule has 1 saturated carbocycles. The Balaban J connectivity index is 2.36. The van der Waals surface area contributed by atoms with E-state index in [-0.39, 0.29) is 6.04 Å². The van der Waals surface area contributed by atoms with E-state index in [1.54, 1.807) is 0 Å². The molecule has 0 saturated heterocycles. The second kappa shape index (κ2) is 2.91. The highest BCUT2D eigenvalue weighted by molar-refractivity contribution is 5.34. The van der Waals surface area contributed by atoms with Crippen LogP contribution in [0.4, 0.5) is 0 Å². The van der Waals surface area contributed by atoms with Gasteiger partial charge in [-0.25, -0.2) is 0 Å². The summed E-state index contributed by atoms with van der Waals surface area (Å²) in [4.78, 5) is 0. The molecule has 1 nitrogen and oxygen atoms in total. The zero-order chi connectivity index (χ0) is 8.55. The molecular weight excluding hydrogens is 146 g/mol. The molecule has 0 spiro atoms. The maximum atomic E-state index is 5.88. The SMILES string of the molecule is C[C@H](N)c1ccccc1C1CC1. The lowest BCUT2D eigenvalue weighted by Crippen LogP contribution is -2.07. The molecule has 0 unspecified atom stereocenters. The van der Waals surface area contributed by atoms with Crippen LogP contribution in [0.3, 0.4) is 0 Å². The Morgan fingerprint density at radius 2 is 2.00 bits per heavy atom. The third kappa shape index (κ3) is 1.37. The molecule has 0 aromatic heterocycles. The second-order valence-corrected chi connectivity index (χ2v) is 3.69. The van der Waals surface area contributed by atoms with Gasteiger partial charge in [0.25, 0.3) is 0 Å². The molecule has 2 N–H and O–H groups in total. The van der Waals surface area contributed by atoms with E-state index in [9.17, 15) is 0 Å². The van der Waals surface area contributed by atoms with Crippen LogP contribution in [0.15, 0.2) is 24.3 Å². The fourth-order valence-corrected chi connectivity index (χ4v) is 1.69. The van der Waals surface area contributed by atoms with Crippen LogP contribution in [0.1, 0.15) is 42.9 Å². The van der Waals surface area contributed by atoms with Crippen LogP contribution in [0, 0.1) is 0 Å². The van der Waals surface area contributed by atoms with Crippen LogP contribution >= 0.6 is 0 Å². The summed E-state index contributed by atoms with van der Waals surface area (Å²) in [7, 11) is 0. The van der Waals surface area contributed by atoms with Gasteiger partial charge in [-0.3, -0.25) is 0 Å².